The van der Waals surface area contributed by atoms with E-state index in [9.17, 15) is 0 Å². The third-order valence-electron chi connectivity index (χ3n) is 4.32. The van der Waals surface area contributed by atoms with Gasteiger partial charge in [-0.2, -0.15) is 0 Å². The van der Waals surface area contributed by atoms with Crippen LogP contribution >= 0.6 is 0 Å². The fraction of sp³-hybridized carbons (Fsp3) is 0.941. The molecule has 0 spiro atoms. The Morgan fingerprint density at radius 1 is 1.27 bits per heavy atom. The number of ether oxygens (including phenoxy) is 1. The van der Waals surface area contributed by atoms with Gasteiger partial charge in [0.05, 0.1) is 6.10 Å². The molecule has 0 aromatic carbocycles. The average Bonchev–Trinajstić information content (AvgIpc) is 3.01. The zero-order chi connectivity index (χ0) is 16.4. The third-order valence-corrected chi connectivity index (χ3v) is 4.32. The molecule has 22 heavy (non-hydrogen) atoms. The lowest BCUT2D eigenvalue weighted by molar-refractivity contribution is 0.113. The lowest BCUT2D eigenvalue weighted by Crippen LogP contribution is -2.48. The summed E-state index contributed by atoms with van der Waals surface area (Å²) in [6, 6.07) is 0.552. The Labute approximate surface area is 136 Å². The van der Waals surface area contributed by atoms with E-state index >= 15 is 0 Å². The van der Waals surface area contributed by atoms with Crippen LogP contribution in [0, 0.1) is 5.92 Å². The normalized spacial score (nSPS) is 20.7. The molecule has 5 heteroatoms. The van der Waals surface area contributed by atoms with Crippen molar-refractivity contribution >= 4 is 5.96 Å². The van der Waals surface area contributed by atoms with E-state index < -0.39 is 0 Å². The van der Waals surface area contributed by atoms with Gasteiger partial charge >= 0.3 is 0 Å². The molecule has 130 valence electrons. The van der Waals surface area contributed by atoms with Gasteiger partial charge in [-0.1, -0.05) is 27.7 Å². The van der Waals surface area contributed by atoms with E-state index in [0.29, 0.717) is 18.1 Å². The molecule has 0 aromatic rings. The summed E-state index contributed by atoms with van der Waals surface area (Å²) in [5, 5.41) is 6.88. The molecule has 0 aliphatic carbocycles. The summed E-state index contributed by atoms with van der Waals surface area (Å²) in [5.74, 6) is 1.59. The Balaban J connectivity index is 2.42. The number of hydrogen-bond acceptors (Lipinski definition) is 3. The van der Waals surface area contributed by atoms with Gasteiger partial charge in [0, 0.05) is 32.8 Å². The molecule has 1 aliphatic heterocycles. The highest BCUT2D eigenvalue weighted by Crippen LogP contribution is 2.11. The van der Waals surface area contributed by atoms with E-state index in [-0.39, 0.29) is 0 Å². The Hall–Kier alpha value is -0.810. The number of aliphatic imine (C=N–C) groups is 1. The first-order valence-corrected chi connectivity index (χ1v) is 8.90. The first-order chi connectivity index (χ1) is 10.6. The summed E-state index contributed by atoms with van der Waals surface area (Å²) in [6.07, 6.45) is 3.88. The van der Waals surface area contributed by atoms with Crippen molar-refractivity contribution in [2.45, 2.75) is 59.1 Å². The highest BCUT2D eigenvalue weighted by molar-refractivity contribution is 5.79. The van der Waals surface area contributed by atoms with Gasteiger partial charge in [-0.3, -0.25) is 9.89 Å². The zero-order valence-electron chi connectivity index (χ0n) is 15.2. The molecule has 1 saturated heterocycles. The second kappa shape index (κ2) is 10.8. The minimum atomic E-state index is 0.341. The van der Waals surface area contributed by atoms with Gasteiger partial charge in [-0.15, -0.1) is 0 Å². The van der Waals surface area contributed by atoms with E-state index in [4.69, 9.17) is 4.74 Å². The molecule has 0 bridgehead atoms. The first-order valence-electron chi connectivity index (χ1n) is 8.90. The van der Waals surface area contributed by atoms with Crippen LogP contribution in [0.25, 0.3) is 0 Å². The largest absolute Gasteiger partial charge is 0.376 e. The summed E-state index contributed by atoms with van der Waals surface area (Å²) in [6.45, 7) is 13.9. The molecular weight excluding hydrogens is 276 g/mol. The molecular formula is C17H36N4O. The number of rotatable bonds is 9. The van der Waals surface area contributed by atoms with Gasteiger partial charge in [0.1, 0.15) is 0 Å². The van der Waals surface area contributed by atoms with Crippen LogP contribution in [-0.4, -0.2) is 62.8 Å². The van der Waals surface area contributed by atoms with Crippen LogP contribution in [0.4, 0.5) is 0 Å². The maximum absolute atomic E-state index is 5.65. The third kappa shape index (κ3) is 6.97. The molecule has 1 fully saturated rings. The van der Waals surface area contributed by atoms with Crippen molar-refractivity contribution in [3.8, 4) is 0 Å². The lowest BCUT2D eigenvalue weighted by atomic mass is 10.0. The van der Waals surface area contributed by atoms with Crippen LogP contribution < -0.4 is 10.6 Å². The molecule has 5 nitrogen and oxygen atoms in total. The molecule has 0 saturated carbocycles. The maximum atomic E-state index is 5.65. The number of likely N-dealkylation sites (N-methyl/N-ethyl adjacent to an activating group) is 1. The van der Waals surface area contributed by atoms with E-state index in [0.717, 1.165) is 45.2 Å². The molecule has 1 rings (SSSR count). The van der Waals surface area contributed by atoms with Crippen LogP contribution in [0.5, 0.6) is 0 Å². The standard InChI is InChI=1S/C17H36N4O/c1-6-21(7-2)15(11-14(3)4)12-19-17(18-5)20-13-16-9-8-10-22-16/h14-16H,6-13H2,1-5H3,(H2,18,19,20). The molecule has 0 radical (unpaired) electrons. The predicted molar refractivity (Wildman–Crippen MR) is 94.5 cm³/mol. The molecule has 0 amide bonds. The fourth-order valence-electron chi connectivity index (χ4n) is 3.10. The summed E-state index contributed by atoms with van der Waals surface area (Å²) < 4.78 is 5.65. The molecule has 2 atom stereocenters. The van der Waals surface area contributed by atoms with E-state index in [1.807, 2.05) is 7.05 Å². The fourth-order valence-corrected chi connectivity index (χ4v) is 3.10. The SMILES string of the molecule is CCN(CC)C(CNC(=NC)NCC1CCCO1)CC(C)C. The zero-order valence-corrected chi connectivity index (χ0v) is 15.2. The van der Waals surface area contributed by atoms with Crippen molar-refractivity contribution in [1.29, 1.82) is 0 Å². The molecule has 1 aliphatic rings. The van der Waals surface area contributed by atoms with Crippen LogP contribution in [0.15, 0.2) is 4.99 Å². The Kier molecular flexibility index (Phi) is 9.48. The predicted octanol–water partition coefficient (Wildman–Crippen LogP) is 2.09. The van der Waals surface area contributed by atoms with Gasteiger partial charge in [0.2, 0.25) is 0 Å². The number of nitrogens with zero attached hydrogens (tertiary/aromatic N) is 2. The van der Waals surface area contributed by atoms with Gasteiger partial charge in [-0.25, -0.2) is 0 Å². The van der Waals surface area contributed by atoms with Gasteiger partial charge < -0.3 is 15.4 Å². The quantitative estimate of drug-likeness (QED) is 0.505. The van der Waals surface area contributed by atoms with Crippen molar-refractivity contribution in [2.24, 2.45) is 10.9 Å². The number of hydrogen-bond donors (Lipinski definition) is 2. The molecule has 2 unspecified atom stereocenters. The van der Waals surface area contributed by atoms with E-state index in [2.05, 4.69) is 48.2 Å². The van der Waals surface area contributed by atoms with Crippen LogP contribution in [0.3, 0.4) is 0 Å². The average molecular weight is 313 g/mol. The summed E-state index contributed by atoms with van der Waals surface area (Å²) in [4.78, 5) is 6.86. The monoisotopic (exact) mass is 312 g/mol. The van der Waals surface area contributed by atoms with Crippen LogP contribution in [0.1, 0.15) is 47.0 Å². The topological polar surface area (TPSA) is 48.9 Å². The first kappa shape index (κ1) is 19.2. The van der Waals surface area contributed by atoms with Crippen molar-refractivity contribution in [2.75, 3.05) is 39.8 Å². The summed E-state index contributed by atoms with van der Waals surface area (Å²) in [7, 11) is 1.83. The minimum Gasteiger partial charge on any atom is -0.376 e. The van der Waals surface area contributed by atoms with Crippen LogP contribution in [-0.2, 0) is 4.74 Å². The number of nitrogens with one attached hydrogen (secondary N) is 2. The summed E-state index contributed by atoms with van der Waals surface area (Å²) in [5.41, 5.74) is 0. The second-order valence-electron chi connectivity index (χ2n) is 6.47. The van der Waals surface area contributed by atoms with Gasteiger partial charge in [0.25, 0.3) is 0 Å². The number of guanidine groups is 1. The highest BCUT2D eigenvalue weighted by Gasteiger charge is 2.18. The highest BCUT2D eigenvalue weighted by atomic mass is 16.5. The Morgan fingerprint density at radius 3 is 2.50 bits per heavy atom. The summed E-state index contributed by atoms with van der Waals surface area (Å²) >= 11 is 0. The van der Waals surface area contributed by atoms with E-state index in [1.165, 1.54) is 12.8 Å². The van der Waals surface area contributed by atoms with Gasteiger partial charge in [0.15, 0.2) is 5.96 Å². The Bertz CT molecular complexity index is 310. The smallest absolute Gasteiger partial charge is 0.191 e. The van der Waals surface area contributed by atoms with Crippen LogP contribution in [0.2, 0.25) is 0 Å². The van der Waals surface area contributed by atoms with Gasteiger partial charge in [-0.05, 0) is 38.3 Å². The molecule has 0 aromatic heterocycles. The maximum Gasteiger partial charge on any atom is 0.191 e. The van der Waals surface area contributed by atoms with Crippen molar-refractivity contribution in [3.05, 3.63) is 0 Å². The van der Waals surface area contributed by atoms with E-state index in [1.54, 1.807) is 0 Å². The van der Waals surface area contributed by atoms with Crippen molar-refractivity contribution < 1.29 is 4.74 Å². The molecule has 2 N–H and O–H groups in total. The molecule has 1 heterocycles. The lowest BCUT2D eigenvalue weighted by Gasteiger charge is -2.31. The minimum absolute atomic E-state index is 0.341. The van der Waals surface area contributed by atoms with Crippen molar-refractivity contribution in [1.82, 2.24) is 15.5 Å². The second-order valence-corrected chi connectivity index (χ2v) is 6.47. The van der Waals surface area contributed by atoms with Crippen molar-refractivity contribution in [3.63, 3.8) is 0 Å². The Morgan fingerprint density at radius 2 is 2.00 bits per heavy atom.